The molecule has 3 unspecified atom stereocenters. The molecule has 0 aromatic carbocycles. The highest BCUT2D eigenvalue weighted by molar-refractivity contribution is 7.10. The summed E-state index contributed by atoms with van der Waals surface area (Å²) in [5.74, 6) is 0.636. The molecule has 0 aliphatic carbocycles. The molecular weight excluding hydrogens is 256 g/mol. The van der Waals surface area contributed by atoms with Crippen molar-refractivity contribution in [2.24, 2.45) is 11.7 Å². The molecule has 3 N–H and O–H groups in total. The number of nitrogens with zero attached hydrogens (tertiary/aromatic N) is 1. The summed E-state index contributed by atoms with van der Waals surface area (Å²) in [5, 5.41) is 11.3. The molecule has 0 saturated carbocycles. The fourth-order valence-corrected chi connectivity index (χ4v) is 4.21. The Morgan fingerprint density at radius 1 is 1.58 bits per heavy atom. The average molecular weight is 282 g/mol. The lowest BCUT2D eigenvalue weighted by Gasteiger charge is -2.32. The van der Waals surface area contributed by atoms with Crippen molar-refractivity contribution in [3.05, 3.63) is 21.9 Å². The smallest absolute Gasteiger partial charge is 0.0596 e. The third-order valence-electron chi connectivity index (χ3n) is 4.30. The minimum Gasteiger partial charge on any atom is -0.396 e. The first-order valence-electron chi connectivity index (χ1n) is 7.31. The summed E-state index contributed by atoms with van der Waals surface area (Å²) >= 11 is 1.83. The van der Waals surface area contributed by atoms with Crippen LogP contribution in [0.15, 0.2) is 11.4 Å². The van der Waals surface area contributed by atoms with Gasteiger partial charge in [-0.3, -0.25) is 4.90 Å². The molecule has 1 saturated heterocycles. The number of likely N-dealkylation sites (tertiary alicyclic amines) is 1. The van der Waals surface area contributed by atoms with E-state index in [2.05, 4.69) is 30.2 Å². The topological polar surface area (TPSA) is 49.5 Å². The van der Waals surface area contributed by atoms with E-state index < -0.39 is 0 Å². The number of rotatable bonds is 6. The highest BCUT2D eigenvalue weighted by atomic mass is 32.1. The molecule has 1 aliphatic heterocycles. The van der Waals surface area contributed by atoms with E-state index in [1.165, 1.54) is 16.9 Å². The van der Waals surface area contributed by atoms with Crippen LogP contribution in [0.1, 0.15) is 42.7 Å². The van der Waals surface area contributed by atoms with E-state index in [1.54, 1.807) is 0 Å². The zero-order valence-electron chi connectivity index (χ0n) is 12.0. The van der Waals surface area contributed by atoms with Crippen LogP contribution in [-0.4, -0.2) is 35.7 Å². The van der Waals surface area contributed by atoms with Gasteiger partial charge in [-0.2, -0.15) is 0 Å². The second kappa shape index (κ2) is 6.84. The third-order valence-corrected chi connectivity index (χ3v) is 5.38. The SMILES string of the molecule is CCC(N)C(c1sccc1C)N1CCC(CCO)C1. The van der Waals surface area contributed by atoms with Crippen LogP contribution in [0.2, 0.25) is 0 Å². The standard InChI is InChI=1S/C15H26N2OS/c1-3-13(16)14(15-11(2)6-9-19-15)17-7-4-12(10-17)5-8-18/h6,9,12-14,18H,3-5,7-8,10,16H2,1-2H3. The van der Waals surface area contributed by atoms with Crippen LogP contribution in [0.25, 0.3) is 0 Å². The van der Waals surface area contributed by atoms with Crippen molar-refractivity contribution >= 4 is 11.3 Å². The van der Waals surface area contributed by atoms with Crippen LogP contribution in [0.3, 0.4) is 0 Å². The van der Waals surface area contributed by atoms with Crippen molar-refractivity contribution in [2.75, 3.05) is 19.7 Å². The number of aliphatic hydroxyl groups excluding tert-OH is 1. The molecule has 1 aromatic rings. The Hall–Kier alpha value is -0.420. The maximum atomic E-state index is 9.09. The summed E-state index contributed by atoms with van der Waals surface area (Å²) in [6, 6.07) is 2.75. The molecule has 108 valence electrons. The first kappa shape index (κ1) is 15.0. The first-order valence-corrected chi connectivity index (χ1v) is 8.19. The van der Waals surface area contributed by atoms with Crippen molar-refractivity contribution < 1.29 is 5.11 Å². The molecule has 0 spiro atoms. The summed E-state index contributed by atoms with van der Waals surface area (Å²) in [7, 11) is 0. The Labute approximate surface area is 120 Å². The second-order valence-electron chi connectivity index (χ2n) is 5.65. The van der Waals surface area contributed by atoms with Crippen molar-refractivity contribution in [3.63, 3.8) is 0 Å². The molecule has 0 radical (unpaired) electrons. The molecule has 1 fully saturated rings. The maximum Gasteiger partial charge on any atom is 0.0596 e. The molecule has 2 rings (SSSR count). The summed E-state index contributed by atoms with van der Waals surface area (Å²) in [4.78, 5) is 3.96. The molecule has 1 aromatic heterocycles. The lowest BCUT2D eigenvalue weighted by molar-refractivity contribution is 0.196. The summed E-state index contributed by atoms with van der Waals surface area (Å²) in [6.07, 6.45) is 3.12. The van der Waals surface area contributed by atoms with Gasteiger partial charge in [-0.05, 0) is 55.7 Å². The monoisotopic (exact) mass is 282 g/mol. The number of hydrogen-bond acceptors (Lipinski definition) is 4. The van der Waals surface area contributed by atoms with Gasteiger partial charge in [0.05, 0.1) is 6.04 Å². The first-order chi connectivity index (χ1) is 9.17. The molecule has 3 nitrogen and oxygen atoms in total. The molecule has 3 atom stereocenters. The predicted molar refractivity (Wildman–Crippen MR) is 81.4 cm³/mol. The second-order valence-corrected chi connectivity index (χ2v) is 6.59. The van der Waals surface area contributed by atoms with E-state index in [4.69, 9.17) is 10.8 Å². The Balaban J connectivity index is 2.13. The van der Waals surface area contributed by atoms with E-state index in [-0.39, 0.29) is 6.04 Å². The molecular formula is C15H26N2OS. The molecule has 2 heterocycles. The van der Waals surface area contributed by atoms with E-state index in [0.717, 1.165) is 25.9 Å². The normalized spacial score (nSPS) is 23.7. The molecule has 0 amide bonds. The zero-order chi connectivity index (χ0) is 13.8. The largest absolute Gasteiger partial charge is 0.396 e. The van der Waals surface area contributed by atoms with Crippen LogP contribution in [0.4, 0.5) is 0 Å². The quantitative estimate of drug-likeness (QED) is 0.843. The van der Waals surface area contributed by atoms with Gasteiger partial charge in [0.25, 0.3) is 0 Å². The van der Waals surface area contributed by atoms with Crippen molar-refractivity contribution in [1.29, 1.82) is 0 Å². The fourth-order valence-electron chi connectivity index (χ4n) is 3.08. The van der Waals surface area contributed by atoms with Gasteiger partial charge in [-0.25, -0.2) is 0 Å². The number of thiophene rings is 1. The van der Waals surface area contributed by atoms with E-state index >= 15 is 0 Å². The number of nitrogens with two attached hydrogens (primary N) is 1. The van der Waals surface area contributed by atoms with E-state index in [9.17, 15) is 0 Å². The molecule has 0 bridgehead atoms. The summed E-state index contributed by atoms with van der Waals surface area (Å²) < 4.78 is 0. The van der Waals surface area contributed by atoms with Crippen LogP contribution >= 0.6 is 11.3 Å². The molecule has 4 heteroatoms. The van der Waals surface area contributed by atoms with Gasteiger partial charge in [-0.15, -0.1) is 11.3 Å². The fraction of sp³-hybridized carbons (Fsp3) is 0.733. The van der Waals surface area contributed by atoms with Crippen LogP contribution in [0, 0.1) is 12.8 Å². The number of hydrogen-bond donors (Lipinski definition) is 2. The Morgan fingerprint density at radius 3 is 2.95 bits per heavy atom. The van der Waals surface area contributed by atoms with Crippen molar-refractivity contribution in [2.45, 2.75) is 45.2 Å². The Morgan fingerprint density at radius 2 is 2.37 bits per heavy atom. The maximum absolute atomic E-state index is 9.09. The zero-order valence-corrected chi connectivity index (χ0v) is 12.8. The van der Waals surface area contributed by atoms with Crippen LogP contribution in [-0.2, 0) is 0 Å². The van der Waals surface area contributed by atoms with Crippen molar-refractivity contribution in [1.82, 2.24) is 4.90 Å². The van der Waals surface area contributed by atoms with E-state index in [0.29, 0.717) is 18.6 Å². The Bertz CT molecular complexity index is 393. The van der Waals surface area contributed by atoms with Gasteiger partial charge < -0.3 is 10.8 Å². The minimum absolute atomic E-state index is 0.199. The summed E-state index contributed by atoms with van der Waals surface area (Å²) in [5.41, 5.74) is 7.76. The molecule has 1 aliphatic rings. The highest BCUT2D eigenvalue weighted by Gasteiger charge is 2.33. The van der Waals surface area contributed by atoms with Gasteiger partial charge in [0.2, 0.25) is 0 Å². The predicted octanol–water partition coefficient (Wildman–Crippen LogP) is 2.54. The lowest BCUT2D eigenvalue weighted by atomic mass is 10.0. The van der Waals surface area contributed by atoms with Gasteiger partial charge in [0, 0.05) is 24.1 Å². The minimum atomic E-state index is 0.199. The molecule has 19 heavy (non-hydrogen) atoms. The average Bonchev–Trinajstić information content (AvgIpc) is 3.01. The van der Waals surface area contributed by atoms with Crippen molar-refractivity contribution in [3.8, 4) is 0 Å². The van der Waals surface area contributed by atoms with Gasteiger partial charge in [0.15, 0.2) is 0 Å². The highest BCUT2D eigenvalue weighted by Crippen LogP contribution is 2.35. The van der Waals surface area contributed by atoms with Gasteiger partial charge >= 0.3 is 0 Å². The number of aryl methyl sites for hydroxylation is 1. The van der Waals surface area contributed by atoms with Crippen LogP contribution < -0.4 is 5.73 Å². The third kappa shape index (κ3) is 3.37. The van der Waals surface area contributed by atoms with Gasteiger partial charge in [-0.1, -0.05) is 6.92 Å². The number of aliphatic hydroxyl groups is 1. The van der Waals surface area contributed by atoms with Crippen LogP contribution in [0.5, 0.6) is 0 Å². The van der Waals surface area contributed by atoms with E-state index in [1.807, 2.05) is 11.3 Å². The van der Waals surface area contributed by atoms with Gasteiger partial charge in [0.1, 0.15) is 0 Å². The lowest BCUT2D eigenvalue weighted by Crippen LogP contribution is -2.39. The Kier molecular flexibility index (Phi) is 5.39. The summed E-state index contributed by atoms with van der Waals surface area (Å²) in [6.45, 7) is 6.85.